The van der Waals surface area contributed by atoms with Crippen molar-refractivity contribution in [2.24, 2.45) is 4.99 Å². The predicted octanol–water partition coefficient (Wildman–Crippen LogP) is 4.20. The SMILES string of the molecule is CCN1C(=O)/C(=C/c2ccc(Cl)c(Cl)c2)N=C1SCC(=O)NCc1ccco1. The van der Waals surface area contributed by atoms with Crippen LogP contribution in [0.5, 0.6) is 0 Å². The quantitative estimate of drug-likeness (QED) is 0.687. The number of hydrogen-bond acceptors (Lipinski definition) is 5. The summed E-state index contributed by atoms with van der Waals surface area (Å²) >= 11 is 13.2. The van der Waals surface area contributed by atoms with Crippen LogP contribution in [0, 0.1) is 0 Å². The molecule has 1 N–H and O–H groups in total. The number of carbonyl (C=O) groups excluding carboxylic acids is 2. The molecule has 0 radical (unpaired) electrons. The monoisotopic (exact) mass is 437 g/mol. The average molecular weight is 438 g/mol. The first-order valence-corrected chi connectivity index (χ1v) is 10.2. The lowest BCUT2D eigenvalue weighted by Gasteiger charge is -2.14. The molecule has 28 heavy (non-hydrogen) atoms. The molecule has 2 amide bonds. The Balaban J connectivity index is 1.66. The minimum absolute atomic E-state index is 0.142. The fourth-order valence-corrected chi connectivity index (χ4v) is 3.66. The second kappa shape index (κ2) is 9.32. The second-order valence-corrected chi connectivity index (χ2v) is 7.55. The van der Waals surface area contributed by atoms with E-state index in [1.54, 1.807) is 42.7 Å². The summed E-state index contributed by atoms with van der Waals surface area (Å²) < 4.78 is 5.17. The third-order valence-electron chi connectivity index (χ3n) is 3.85. The Bertz CT molecular complexity index is 942. The van der Waals surface area contributed by atoms with Crippen molar-refractivity contribution < 1.29 is 14.0 Å². The molecular weight excluding hydrogens is 421 g/mol. The third kappa shape index (κ3) is 4.98. The van der Waals surface area contributed by atoms with Gasteiger partial charge in [0.25, 0.3) is 5.91 Å². The van der Waals surface area contributed by atoms with Crippen molar-refractivity contribution in [3.05, 3.63) is 63.7 Å². The topological polar surface area (TPSA) is 74.9 Å². The molecule has 0 fully saturated rings. The van der Waals surface area contributed by atoms with E-state index in [1.165, 1.54) is 16.7 Å². The van der Waals surface area contributed by atoms with Gasteiger partial charge in [-0.05, 0) is 42.8 Å². The summed E-state index contributed by atoms with van der Waals surface area (Å²) in [5, 5.41) is 4.10. The highest BCUT2D eigenvalue weighted by molar-refractivity contribution is 8.14. The van der Waals surface area contributed by atoms with Crippen LogP contribution in [0.3, 0.4) is 0 Å². The van der Waals surface area contributed by atoms with Crippen molar-refractivity contribution in [3.8, 4) is 0 Å². The molecule has 2 heterocycles. The molecule has 2 aromatic rings. The number of furan rings is 1. The van der Waals surface area contributed by atoms with Crippen molar-refractivity contribution in [1.82, 2.24) is 10.2 Å². The number of aliphatic imine (C=N–C) groups is 1. The number of benzene rings is 1. The molecule has 0 aliphatic carbocycles. The first kappa shape index (κ1) is 20.5. The molecular formula is C19H17Cl2N3O3S. The molecule has 1 aliphatic rings. The van der Waals surface area contributed by atoms with E-state index in [4.69, 9.17) is 27.6 Å². The summed E-state index contributed by atoms with van der Waals surface area (Å²) in [7, 11) is 0. The van der Waals surface area contributed by atoms with E-state index >= 15 is 0 Å². The average Bonchev–Trinajstić information content (AvgIpc) is 3.29. The fourth-order valence-electron chi connectivity index (χ4n) is 2.46. The van der Waals surface area contributed by atoms with Gasteiger partial charge in [0, 0.05) is 6.54 Å². The number of amides is 2. The van der Waals surface area contributed by atoms with E-state index in [0.29, 0.717) is 39.8 Å². The summed E-state index contributed by atoms with van der Waals surface area (Å²) in [6.45, 7) is 2.63. The highest BCUT2D eigenvalue weighted by atomic mass is 35.5. The van der Waals surface area contributed by atoms with Crippen LogP contribution < -0.4 is 5.32 Å². The summed E-state index contributed by atoms with van der Waals surface area (Å²) in [6, 6.07) is 8.63. The van der Waals surface area contributed by atoms with Crippen LogP contribution in [0.4, 0.5) is 0 Å². The molecule has 9 heteroatoms. The lowest BCUT2D eigenvalue weighted by Crippen LogP contribution is -2.32. The first-order valence-electron chi connectivity index (χ1n) is 8.47. The normalized spacial score (nSPS) is 15.2. The molecule has 1 aromatic carbocycles. The summed E-state index contributed by atoms with van der Waals surface area (Å²) in [4.78, 5) is 30.6. The van der Waals surface area contributed by atoms with E-state index < -0.39 is 0 Å². The summed E-state index contributed by atoms with van der Waals surface area (Å²) in [6.07, 6.45) is 3.20. The van der Waals surface area contributed by atoms with E-state index in [-0.39, 0.29) is 17.6 Å². The zero-order valence-electron chi connectivity index (χ0n) is 14.9. The Morgan fingerprint density at radius 1 is 1.32 bits per heavy atom. The van der Waals surface area contributed by atoms with Gasteiger partial charge in [0.05, 0.1) is 28.6 Å². The summed E-state index contributed by atoms with van der Waals surface area (Å²) in [5.41, 5.74) is 1.01. The number of nitrogens with zero attached hydrogens (tertiary/aromatic N) is 2. The summed E-state index contributed by atoms with van der Waals surface area (Å²) in [5.74, 6) is 0.430. The Hall–Kier alpha value is -2.22. The van der Waals surface area contributed by atoms with Crippen LogP contribution in [0.25, 0.3) is 6.08 Å². The number of carbonyl (C=O) groups is 2. The van der Waals surface area contributed by atoms with Gasteiger partial charge < -0.3 is 9.73 Å². The van der Waals surface area contributed by atoms with Gasteiger partial charge in [-0.3, -0.25) is 14.5 Å². The number of thioether (sulfide) groups is 1. The van der Waals surface area contributed by atoms with Gasteiger partial charge in [-0.25, -0.2) is 4.99 Å². The van der Waals surface area contributed by atoms with E-state index in [0.717, 1.165) is 5.56 Å². The molecule has 6 nitrogen and oxygen atoms in total. The maximum atomic E-state index is 12.6. The number of nitrogens with one attached hydrogen (secondary N) is 1. The van der Waals surface area contributed by atoms with Crippen LogP contribution in [0.2, 0.25) is 10.0 Å². The van der Waals surface area contributed by atoms with Crippen molar-refractivity contribution in [2.75, 3.05) is 12.3 Å². The van der Waals surface area contributed by atoms with Gasteiger partial charge in [0.15, 0.2) is 5.17 Å². The number of likely N-dealkylation sites (N-methyl/N-ethyl adjacent to an activating group) is 1. The Morgan fingerprint density at radius 3 is 2.82 bits per heavy atom. The zero-order valence-corrected chi connectivity index (χ0v) is 17.3. The minimum Gasteiger partial charge on any atom is -0.467 e. The van der Waals surface area contributed by atoms with Gasteiger partial charge in [-0.15, -0.1) is 0 Å². The molecule has 0 saturated heterocycles. The van der Waals surface area contributed by atoms with E-state index in [2.05, 4.69) is 10.3 Å². The molecule has 0 unspecified atom stereocenters. The molecule has 1 aromatic heterocycles. The van der Waals surface area contributed by atoms with Crippen LogP contribution >= 0.6 is 35.0 Å². The van der Waals surface area contributed by atoms with Gasteiger partial charge in [-0.1, -0.05) is 41.0 Å². The van der Waals surface area contributed by atoms with Crippen LogP contribution in [0.1, 0.15) is 18.2 Å². The number of halogens is 2. The fraction of sp³-hybridized carbons (Fsp3) is 0.211. The Morgan fingerprint density at radius 2 is 2.14 bits per heavy atom. The second-order valence-electron chi connectivity index (χ2n) is 5.79. The Kier molecular flexibility index (Phi) is 6.83. The molecule has 0 bridgehead atoms. The van der Waals surface area contributed by atoms with Crippen LogP contribution in [-0.4, -0.2) is 34.2 Å². The molecule has 0 atom stereocenters. The van der Waals surface area contributed by atoms with Crippen LogP contribution in [-0.2, 0) is 16.1 Å². The van der Waals surface area contributed by atoms with Crippen LogP contribution in [0.15, 0.2) is 51.7 Å². The van der Waals surface area contributed by atoms with Gasteiger partial charge in [-0.2, -0.15) is 0 Å². The molecule has 0 saturated carbocycles. The highest BCUT2D eigenvalue weighted by Gasteiger charge is 2.29. The maximum Gasteiger partial charge on any atom is 0.278 e. The maximum absolute atomic E-state index is 12.6. The van der Waals surface area contributed by atoms with Crippen molar-refractivity contribution in [3.63, 3.8) is 0 Å². The molecule has 146 valence electrons. The number of hydrogen-bond donors (Lipinski definition) is 1. The molecule has 1 aliphatic heterocycles. The first-order chi connectivity index (χ1) is 13.5. The highest BCUT2D eigenvalue weighted by Crippen LogP contribution is 2.27. The van der Waals surface area contributed by atoms with Gasteiger partial charge in [0.2, 0.25) is 5.91 Å². The predicted molar refractivity (Wildman–Crippen MR) is 112 cm³/mol. The molecule has 3 rings (SSSR count). The Labute approximate surface area is 176 Å². The van der Waals surface area contributed by atoms with Crippen molar-refractivity contribution >= 4 is 58.0 Å². The van der Waals surface area contributed by atoms with Gasteiger partial charge in [0.1, 0.15) is 11.5 Å². The number of rotatable bonds is 6. The van der Waals surface area contributed by atoms with Gasteiger partial charge >= 0.3 is 0 Å². The molecule has 0 spiro atoms. The van der Waals surface area contributed by atoms with Crippen molar-refractivity contribution in [2.45, 2.75) is 13.5 Å². The smallest absolute Gasteiger partial charge is 0.278 e. The standard InChI is InChI=1S/C19H17Cl2N3O3S/c1-2-24-18(26)16(9-12-5-6-14(20)15(21)8-12)23-19(24)28-11-17(25)22-10-13-4-3-7-27-13/h3-9H,2,10-11H2,1H3,(H,22,25)/b16-9-. The lowest BCUT2D eigenvalue weighted by molar-refractivity contribution is -0.122. The van der Waals surface area contributed by atoms with E-state index in [9.17, 15) is 9.59 Å². The van der Waals surface area contributed by atoms with E-state index in [1.807, 2.05) is 6.92 Å². The minimum atomic E-state index is -0.216. The third-order valence-corrected chi connectivity index (χ3v) is 5.56. The largest absolute Gasteiger partial charge is 0.467 e. The van der Waals surface area contributed by atoms with Crippen molar-refractivity contribution in [1.29, 1.82) is 0 Å². The number of amidine groups is 1. The zero-order chi connectivity index (χ0) is 20.1. The lowest BCUT2D eigenvalue weighted by atomic mass is 10.2.